The highest BCUT2D eigenvalue weighted by Crippen LogP contribution is 1.93. The second-order valence-electron chi connectivity index (χ2n) is 1.59. The van der Waals surface area contributed by atoms with Crippen molar-refractivity contribution in [3.63, 3.8) is 0 Å². The summed E-state index contributed by atoms with van der Waals surface area (Å²) in [4.78, 5) is 0. The van der Waals surface area contributed by atoms with E-state index in [-0.39, 0.29) is 6.61 Å². The lowest BCUT2D eigenvalue weighted by molar-refractivity contribution is 0.170. The van der Waals surface area contributed by atoms with E-state index in [0.717, 1.165) is 5.69 Å². The van der Waals surface area contributed by atoms with Crippen LogP contribution in [0.15, 0.2) is 12.3 Å². The highest BCUT2D eigenvalue weighted by Gasteiger charge is 1.92. The number of nitrogens with zero attached hydrogens (tertiary/aromatic N) is 2. The van der Waals surface area contributed by atoms with Gasteiger partial charge in [-0.1, -0.05) is 0 Å². The average molecular weight is 111 g/mol. The van der Waals surface area contributed by atoms with Crippen LogP contribution in [0.4, 0.5) is 0 Å². The van der Waals surface area contributed by atoms with E-state index >= 15 is 0 Å². The van der Waals surface area contributed by atoms with E-state index in [1.165, 1.54) is 0 Å². The van der Waals surface area contributed by atoms with Crippen molar-refractivity contribution in [2.45, 2.75) is 6.61 Å². The Labute approximate surface area is 47.6 Å². The number of aromatic nitrogens is 2. The summed E-state index contributed by atoms with van der Waals surface area (Å²) in [6.07, 6.45) is 1.62. The summed E-state index contributed by atoms with van der Waals surface area (Å²) < 4.78 is 1.58. The molecule has 0 aromatic carbocycles. The van der Waals surface area contributed by atoms with Crippen LogP contribution in [0.25, 0.3) is 0 Å². The van der Waals surface area contributed by atoms with E-state index in [1.807, 2.05) is 0 Å². The third-order valence-electron chi connectivity index (χ3n) is 1.07. The maximum atomic E-state index is 10.2. The van der Waals surface area contributed by atoms with Gasteiger partial charge in [-0.05, 0) is 6.07 Å². The Kier molecular flexibility index (Phi) is 1.30. The van der Waals surface area contributed by atoms with Gasteiger partial charge in [0.1, 0.15) is 6.61 Å². The zero-order chi connectivity index (χ0) is 5.98. The number of rotatable bonds is 1. The molecule has 0 atom stereocenters. The standard InChI is InChI=1S/C5H7N2O/c1-7-5(4-8)2-3-6-7/h2-3H,4H2,1H3. The molecule has 1 heterocycles. The first-order chi connectivity index (χ1) is 3.84. The number of hydrogen-bond donors (Lipinski definition) is 0. The SMILES string of the molecule is Cn1nccc1C[O]. The molecule has 0 aliphatic carbocycles. The fraction of sp³-hybridized carbons (Fsp3) is 0.400. The number of hydrogen-bond acceptors (Lipinski definition) is 1. The monoisotopic (exact) mass is 111 g/mol. The molecule has 0 saturated heterocycles. The summed E-state index contributed by atoms with van der Waals surface area (Å²) in [5.74, 6) is 0. The van der Waals surface area contributed by atoms with Gasteiger partial charge >= 0.3 is 0 Å². The Morgan fingerprint density at radius 1 is 1.88 bits per heavy atom. The maximum absolute atomic E-state index is 10.2. The Bertz CT molecular complexity index is 171. The van der Waals surface area contributed by atoms with Crippen LogP contribution in [0.3, 0.4) is 0 Å². The molecule has 1 aromatic heterocycles. The first kappa shape index (κ1) is 5.31. The smallest absolute Gasteiger partial charge is 0.124 e. The first-order valence-corrected chi connectivity index (χ1v) is 2.39. The zero-order valence-electron chi connectivity index (χ0n) is 4.66. The van der Waals surface area contributed by atoms with Gasteiger partial charge < -0.3 is 0 Å². The van der Waals surface area contributed by atoms with E-state index in [1.54, 1.807) is 24.0 Å². The van der Waals surface area contributed by atoms with Crippen molar-refractivity contribution < 1.29 is 5.11 Å². The van der Waals surface area contributed by atoms with Crippen LogP contribution in [0.5, 0.6) is 0 Å². The van der Waals surface area contributed by atoms with E-state index in [2.05, 4.69) is 5.10 Å². The summed E-state index contributed by atoms with van der Waals surface area (Å²) in [6, 6.07) is 1.72. The molecule has 8 heavy (non-hydrogen) atoms. The zero-order valence-corrected chi connectivity index (χ0v) is 4.66. The second kappa shape index (κ2) is 1.96. The van der Waals surface area contributed by atoms with Crippen LogP contribution in [0.2, 0.25) is 0 Å². The minimum atomic E-state index is -0.184. The van der Waals surface area contributed by atoms with Gasteiger partial charge in [-0.3, -0.25) is 4.68 Å². The van der Waals surface area contributed by atoms with E-state index in [4.69, 9.17) is 0 Å². The fourth-order valence-electron chi connectivity index (χ4n) is 0.543. The first-order valence-electron chi connectivity index (χ1n) is 2.39. The van der Waals surface area contributed by atoms with Gasteiger partial charge in [-0.25, -0.2) is 5.11 Å². The summed E-state index contributed by atoms with van der Waals surface area (Å²) in [7, 11) is 1.76. The predicted octanol–water partition coefficient (Wildman–Crippen LogP) is 0.351. The van der Waals surface area contributed by atoms with Gasteiger partial charge in [0.05, 0.1) is 5.69 Å². The molecule has 1 aromatic rings. The minimum Gasteiger partial charge on any atom is -0.270 e. The Balaban J connectivity index is 2.92. The summed E-state index contributed by atoms with van der Waals surface area (Å²) >= 11 is 0. The average Bonchev–Trinajstić information content (AvgIpc) is 2.14. The van der Waals surface area contributed by atoms with Crippen molar-refractivity contribution in [3.05, 3.63) is 18.0 Å². The largest absolute Gasteiger partial charge is 0.270 e. The molecule has 0 amide bonds. The third-order valence-corrected chi connectivity index (χ3v) is 1.07. The van der Waals surface area contributed by atoms with Crippen LogP contribution >= 0.6 is 0 Å². The summed E-state index contributed by atoms with van der Waals surface area (Å²) in [5, 5.41) is 14.0. The van der Waals surface area contributed by atoms with Crippen LogP contribution in [0, 0.1) is 0 Å². The summed E-state index contributed by atoms with van der Waals surface area (Å²) in [5.41, 5.74) is 0.727. The molecule has 0 aliphatic heterocycles. The highest BCUT2D eigenvalue weighted by atomic mass is 16.3. The molecule has 1 radical (unpaired) electrons. The molecule has 0 aliphatic rings. The van der Waals surface area contributed by atoms with E-state index in [0.29, 0.717) is 0 Å². The molecule has 0 N–H and O–H groups in total. The fourth-order valence-corrected chi connectivity index (χ4v) is 0.543. The lowest BCUT2D eigenvalue weighted by Crippen LogP contribution is -1.95. The van der Waals surface area contributed by atoms with Crippen molar-refractivity contribution in [1.29, 1.82) is 0 Å². The molecule has 0 spiro atoms. The van der Waals surface area contributed by atoms with E-state index < -0.39 is 0 Å². The maximum Gasteiger partial charge on any atom is 0.124 e. The molecular weight excluding hydrogens is 104 g/mol. The third kappa shape index (κ3) is 0.721. The van der Waals surface area contributed by atoms with Gasteiger partial charge in [0.2, 0.25) is 0 Å². The Morgan fingerprint density at radius 3 is 2.88 bits per heavy atom. The van der Waals surface area contributed by atoms with Crippen LogP contribution in [0.1, 0.15) is 5.69 Å². The molecule has 0 saturated carbocycles. The van der Waals surface area contributed by atoms with Crippen molar-refractivity contribution in [2.24, 2.45) is 7.05 Å². The molecule has 43 valence electrons. The molecule has 3 heteroatoms. The summed E-state index contributed by atoms with van der Waals surface area (Å²) in [6.45, 7) is -0.184. The van der Waals surface area contributed by atoms with Crippen LogP contribution in [-0.4, -0.2) is 9.78 Å². The normalized spacial score (nSPS) is 9.75. The predicted molar refractivity (Wildman–Crippen MR) is 27.6 cm³/mol. The van der Waals surface area contributed by atoms with Crippen molar-refractivity contribution in [2.75, 3.05) is 0 Å². The van der Waals surface area contributed by atoms with Crippen molar-refractivity contribution >= 4 is 0 Å². The molecule has 0 fully saturated rings. The second-order valence-corrected chi connectivity index (χ2v) is 1.59. The lowest BCUT2D eigenvalue weighted by Gasteiger charge is -1.90. The molecule has 0 bridgehead atoms. The Hall–Kier alpha value is -0.830. The molecular formula is C5H7N2O. The van der Waals surface area contributed by atoms with Gasteiger partial charge in [0, 0.05) is 13.2 Å². The quantitative estimate of drug-likeness (QED) is 0.515. The topological polar surface area (TPSA) is 37.7 Å². The van der Waals surface area contributed by atoms with Crippen LogP contribution < -0.4 is 0 Å². The molecule has 1 rings (SSSR count). The molecule has 3 nitrogen and oxygen atoms in total. The Morgan fingerprint density at radius 2 is 2.62 bits per heavy atom. The highest BCUT2D eigenvalue weighted by molar-refractivity contribution is 4.96. The van der Waals surface area contributed by atoms with Gasteiger partial charge in [0.15, 0.2) is 0 Å². The van der Waals surface area contributed by atoms with Crippen molar-refractivity contribution in [1.82, 2.24) is 9.78 Å². The molecule has 0 unspecified atom stereocenters. The van der Waals surface area contributed by atoms with Gasteiger partial charge in [0.25, 0.3) is 0 Å². The lowest BCUT2D eigenvalue weighted by atomic mass is 10.5. The van der Waals surface area contributed by atoms with Crippen LogP contribution in [-0.2, 0) is 18.8 Å². The minimum absolute atomic E-state index is 0.184. The van der Waals surface area contributed by atoms with E-state index in [9.17, 15) is 5.11 Å². The number of aryl methyl sites for hydroxylation is 1. The van der Waals surface area contributed by atoms with Gasteiger partial charge in [-0.2, -0.15) is 5.10 Å². The van der Waals surface area contributed by atoms with Gasteiger partial charge in [-0.15, -0.1) is 0 Å². The van der Waals surface area contributed by atoms with Crippen molar-refractivity contribution in [3.8, 4) is 0 Å².